The highest BCUT2D eigenvalue weighted by Gasteiger charge is 2.40. The maximum atomic E-state index is 12.9. The summed E-state index contributed by atoms with van der Waals surface area (Å²) in [6.07, 6.45) is -6.81. The minimum Gasteiger partial charge on any atom is -0.404 e. The Morgan fingerprint density at radius 1 is 0.612 bits per heavy atom. The maximum absolute atomic E-state index is 12.9. The molecule has 1 aromatic heterocycles. The maximum Gasteiger partial charge on any atom is 0.454 e. The second-order valence-corrected chi connectivity index (χ2v) is 11.1. The van der Waals surface area contributed by atoms with Crippen molar-refractivity contribution in [2.45, 2.75) is 12.4 Å². The molecule has 240 valence electrons. The SMILES string of the molecule is N#C/N=C1\c2cc(-c3ccc(C(=O)C(F)(F)F)cc3)ccc2-c2nc3c(nc21)-c1ccc(-c2ccc(C(=O)C(F)(F)F)cc2)cc1/C3=C\N. The molecule has 0 saturated heterocycles. The molecule has 0 fully saturated rings. The number of aromatic nitrogens is 2. The number of carbonyl (C=O) groups excluding carboxylic acids is 2. The number of benzene rings is 4. The Labute approximate surface area is 272 Å². The molecule has 0 atom stereocenters. The molecule has 2 aliphatic rings. The molecule has 13 heteroatoms. The van der Waals surface area contributed by atoms with Gasteiger partial charge in [-0.2, -0.15) is 36.6 Å². The Bertz CT molecular complexity index is 2350. The zero-order valence-corrected chi connectivity index (χ0v) is 24.6. The van der Waals surface area contributed by atoms with E-state index in [1.165, 1.54) is 30.5 Å². The van der Waals surface area contributed by atoms with E-state index in [4.69, 9.17) is 15.7 Å². The summed E-state index contributed by atoms with van der Waals surface area (Å²) in [5.41, 5.74) is 12.3. The molecule has 0 aliphatic heterocycles. The highest BCUT2D eigenvalue weighted by atomic mass is 19.4. The highest BCUT2D eigenvalue weighted by Crippen LogP contribution is 2.47. The van der Waals surface area contributed by atoms with Crippen molar-refractivity contribution in [3.63, 3.8) is 0 Å². The number of rotatable bonds is 4. The van der Waals surface area contributed by atoms with Gasteiger partial charge in [0.05, 0.1) is 17.1 Å². The monoisotopic (exact) mass is 665 g/mol. The van der Waals surface area contributed by atoms with Gasteiger partial charge < -0.3 is 5.73 Å². The Balaban J connectivity index is 1.25. The summed E-state index contributed by atoms with van der Waals surface area (Å²) >= 11 is 0. The number of alkyl halides is 6. The van der Waals surface area contributed by atoms with Gasteiger partial charge in [0.2, 0.25) is 6.19 Å². The summed E-state index contributed by atoms with van der Waals surface area (Å²) in [6.45, 7) is 0. The van der Waals surface area contributed by atoms with E-state index in [1.54, 1.807) is 42.6 Å². The zero-order valence-electron chi connectivity index (χ0n) is 24.6. The smallest absolute Gasteiger partial charge is 0.404 e. The van der Waals surface area contributed by atoms with Gasteiger partial charge in [0.15, 0.2) is 0 Å². The fourth-order valence-corrected chi connectivity index (χ4v) is 5.99. The molecular weight excluding hydrogens is 648 g/mol. The molecule has 0 saturated carbocycles. The van der Waals surface area contributed by atoms with E-state index in [1.807, 2.05) is 0 Å². The van der Waals surface area contributed by atoms with E-state index in [9.17, 15) is 41.2 Å². The molecule has 0 amide bonds. The first-order valence-corrected chi connectivity index (χ1v) is 14.3. The lowest BCUT2D eigenvalue weighted by molar-refractivity contribution is -0.0888. The minimum absolute atomic E-state index is 0.241. The second-order valence-electron chi connectivity index (χ2n) is 11.1. The third-order valence-electron chi connectivity index (χ3n) is 8.27. The lowest BCUT2D eigenvalue weighted by atomic mass is 9.97. The van der Waals surface area contributed by atoms with Crippen LogP contribution in [-0.2, 0) is 0 Å². The van der Waals surface area contributed by atoms with Crippen LogP contribution in [0.3, 0.4) is 0 Å². The van der Waals surface area contributed by atoms with E-state index >= 15 is 0 Å². The highest BCUT2D eigenvalue weighted by molar-refractivity contribution is 6.24. The Kier molecular flexibility index (Phi) is 7.06. The van der Waals surface area contributed by atoms with E-state index in [-0.39, 0.29) is 5.71 Å². The molecule has 7 rings (SSSR count). The van der Waals surface area contributed by atoms with Crippen molar-refractivity contribution in [3.8, 4) is 51.0 Å². The van der Waals surface area contributed by atoms with Crippen molar-refractivity contribution in [1.29, 1.82) is 5.26 Å². The Morgan fingerprint density at radius 2 is 1.04 bits per heavy atom. The normalized spacial score (nSPS) is 14.6. The van der Waals surface area contributed by atoms with Gasteiger partial charge in [-0.25, -0.2) is 9.97 Å². The van der Waals surface area contributed by atoms with Crippen LogP contribution in [-0.4, -0.2) is 39.6 Å². The molecule has 1 heterocycles. The first-order valence-electron chi connectivity index (χ1n) is 14.3. The number of nitrogens with two attached hydrogens (primary N) is 1. The van der Waals surface area contributed by atoms with Gasteiger partial charge in [0, 0.05) is 39.6 Å². The average Bonchev–Trinajstić information content (AvgIpc) is 3.56. The number of halogens is 6. The third-order valence-corrected chi connectivity index (χ3v) is 8.27. The Morgan fingerprint density at radius 3 is 1.51 bits per heavy atom. The average molecular weight is 666 g/mol. The van der Waals surface area contributed by atoms with E-state index in [0.717, 1.165) is 24.3 Å². The van der Waals surface area contributed by atoms with Crippen LogP contribution in [0.2, 0.25) is 0 Å². The number of carbonyl (C=O) groups is 2. The summed E-state index contributed by atoms with van der Waals surface area (Å²) in [5.74, 6) is -3.88. The summed E-state index contributed by atoms with van der Waals surface area (Å²) in [7, 11) is 0. The number of Topliss-reactive ketones (excluding diaryl/α,β-unsaturated/α-hetero) is 2. The van der Waals surface area contributed by atoms with E-state index in [2.05, 4.69) is 4.99 Å². The van der Waals surface area contributed by atoms with Gasteiger partial charge in [-0.3, -0.25) is 9.59 Å². The van der Waals surface area contributed by atoms with E-state index in [0.29, 0.717) is 72.9 Å². The zero-order chi connectivity index (χ0) is 34.8. The molecule has 7 nitrogen and oxygen atoms in total. The lowest BCUT2D eigenvalue weighted by Crippen LogP contribution is -2.22. The van der Waals surface area contributed by atoms with Crippen LogP contribution in [0.25, 0.3) is 50.3 Å². The number of nitrogens with zero attached hydrogens (tertiary/aromatic N) is 4. The fraction of sp³-hybridized carbons (Fsp3) is 0.0556. The summed E-state index contributed by atoms with van der Waals surface area (Å²) < 4.78 is 77.2. The van der Waals surface area contributed by atoms with Crippen molar-refractivity contribution in [2.75, 3.05) is 0 Å². The summed E-state index contributed by atoms with van der Waals surface area (Å²) in [6, 6.07) is 20.5. The number of aliphatic imine (C=N–C) groups is 1. The quantitative estimate of drug-likeness (QED) is 0.116. The number of hydrogen-bond acceptors (Lipinski definition) is 7. The summed E-state index contributed by atoms with van der Waals surface area (Å²) in [4.78, 5) is 37.0. The van der Waals surface area contributed by atoms with Gasteiger partial charge in [-0.15, -0.1) is 0 Å². The second kappa shape index (κ2) is 11.1. The number of hydrogen-bond donors (Lipinski definition) is 1. The van der Waals surface area contributed by atoms with Crippen LogP contribution < -0.4 is 5.73 Å². The van der Waals surface area contributed by atoms with Crippen molar-refractivity contribution in [3.05, 3.63) is 125 Å². The molecule has 2 N–H and O–H groups in total. The van der Waals surface area contributed by atoms with Crippen molar-refractivity contribution < 1.29 is 35.9 Å². The Hall–Kier alpha value is -6.42. The lowest BCUT2D eigenvalue weighted by Gasteiger charge is -2.08. The molecular formula is C36H17F6N5O2. The molecule has 0 unspecified atom stereocenters. The third kappa shape index (κ3) is 5.14. The predicted molar refractivity (Wildman–Crippen MR) is 167 cm³/mol. The molecule has 0 spiro atoms. The van der Waals surface area contributed by atoms with Crippen LogP contribution in [0.5, 0.6) is 0 Å². The van der Waals surface area contributed by atoms with Gasteiger partial charge >= 0.3 is 12.4 Å². The first-order chi connectivity index (χ1) is 23.3. The number of ketones is 2. The molecule has 2 aliphatic carbocycles. The number of nitriles is 1. The van der Waals surface area contributed by atoms with E-state index < -0.39 is 35.0 Å². The standard InChI is InChI=1S/C36H17F6N5O2/c37-35(38,39)33(48)19-5-1-17(2-6-19)21-9-11-23-25(13-21)27(15-43)31-29(23)47-32-28(45-16-44)26-14-22(10-12-24(26)30(32)46-31)18-3-7-20(8-4-18)34(49)36(40,41)42/h1-15H,43H2/b27-15+,45-28+. The van der Waals surface area contributed by atoms with Crippen LogP contribution in [0.4, 0.5) is 26.3 Å². The van der Waals surface area contributed by atoms with Crippen molar-refractivity contribution in [1.82, 2.24) is 9.97 Å². The van der Waals surface area contributed by atoms with Crippen LogP contribution in [0.1, 0.15) is 43.2 Å². The van der Waals surface area contributed by atoms with Gasteiger partial charge in [-0.05, 0) is 39.9 Å². The minimum atomic E-state index is -5.00. The number of fused-ring (bicyclic) bond motifs is 6. The van der Waals surface area contributed by atoms with Crippen molar-refractivity contribution >= 4 is 22.9 Å². The van der Waals surface area contributed by atoms with Crippen LogP contribution in [0.15, 0.2) is 96.1 Å². The topological polar surface area (TPSA) is 122 Å². The van der Waals surface area contributed by atoms with Gasteiger partial charge in [0.1, 0.15) is 11.4 Å². The van der Waals surface area contributed by atoms with Gasteiger partial charge in [0.25, 0.3) is 11.6 Å². The largest absolute Gasteiger partial charge is 0.454 e. The van der Waals surface area contributed by atoms with Crippen LogP contribution >= 0.6 is 0 Å². The van der Waals surface area contributed by atoms with Crippen molar-refractivity contribution in [2.24, 2.45) is 10.7 Å². The first kappa shape index (κ1) is 31.2. The fourth-order valence-electron chi connectivity index (χ4n) is 5.99. The molecule has 5 aromatic rings. The molecule has 0 radical (unpaired) electrons. The predicted octanol–water partition coefficient (Wildman–Crippen LogP) is 7.93. The molecule has 49 heavy (non-hydrogen) atoms. The van der Waals surface area contributed by atoms with Crippen LogP contribution in [0, 0.1) is 11.5 Å². The summed E-state index contributed by atoms with van der Waals surface area (Å²) in [5, 5.41) is 9.56. The molecule has 0 bridgehead atoms. The molecule has 4 aromatic carbocycles. The van der Waals surface area contributed by atoms with Gasteiger partial charge in [-0.1, -0.05) is 72.8 Å².